The van der Waals surface area contributed by atoms with Gasteiger partial charge in [0.05, 0.1) is 12.7 Å². The molecule has 0 amide bonds. The van der Waals surface area contributed by atoms with Crippen molar-refractivity contribution in [2.24, 2.45) is 0 Å². The molecule has 0 saturated heterocycles. The van der Waals surface area contributed by atoms with Crippen molar-refractivity contribution in [2.45, 2.75) is 39.2 Å². The molecule has 2 N–H and O–H groups in total. The molecule has 1 heterocycles. The van der Waals surface area contributed by atoms with Crippen LogP contribution in [-0.2, 0) is 10.2 Å². The molecule has 0 fully saturated rings. The normalized spacial score (nSPS) is 13.1. The first kappa shape index (κ1) is 17.7. The van der Waals surface area contributed by atoms with Gasteiger partial charge in [-0.1, -0.05) is 20.8 Å². The lowest BCUT2D eigenvalue weighted by atomic mass is 9.95. The molecule has 0 saturated carbocycles. The van der Waals surface area contributed by atoms with Gasteiger partial charge < -0.3 is 20.1 Å². The lowest BCUT2D eigenvalue weighted by Crippen LogP contribution is -2.33. The van der Waals surface area contributed by atoms with E-state index in [0.717, 1.165) is 23.0 Å². The summed E-state index contributed by atoms with van der Waals surface area (Å²) in [6, 6.07) is 0. The van der Waals surface area contributed by atoms with Gasteiger partial charge in [-0.05, 0) is 6.92 Å². The summed E-state index contributed by atoms with van der Waals surface area (Å²) < 4.78 is 4.97. The van der Waals surface area contributed by atoms with Crippen LogP contribution in [0.15, 0.2) is 0 Å². The fourth-order valence-corrected chi connectivity index (χ4v) is 2.10. The smallest absolute Gasteiger partial charge is 0.138 e. The number of nitrogens with zero attached hydrogens (tertiary/aromatic N) is 3. The number of aliphatic hydroxyl groups excluding tert-OH is 1. The molecule has 0 aliphatic carbocycles. The molecule has 0 radical (unpaired) electrons. The number of aromatic nitrogens is 2. The van der Waals surface area contributed by atoms with Gasteiger partial charge in [-0.25, -0.2) is 9.97 Å². The van der Waals surface area contributed by atoms with Gasteiger partial charge in [0.15, 0.2) is 0 Å². The second-order valence-corrected chi connectivity index (χ2v) is 6.33. The van der Waals surface area contributed by atoms with E-state index in [1.54, 1.807) is 7.11 Å². The maximum absolute atomic E-state index is 9.90. The Morgan fingerprint density at radius 2 is 1.95 bits per heavy atom. The van der Waals surface area contributed by atoms with Crippen molar-refractivity contribution in [2.75, 3.05) is 44.6 Å². The summed E-state index contributed by atoms with van der Waals surface area (Å²) in [7, 11) is 5.35. The number of hydrogen-bond donors (Lipinski definition) is 2. The molecule has 0 bridgehead atoms. The first-order chi connectivity index (χ1) is 9.70. The number of rotatable bonds is 6. The highest BCUT2D eigenvalue weighted by Crippen LogP contribution is 2.27. The zero-order valence-corrected chi connectivity index (χ0v) is 14.2. The number of hydrogen-bond acceptors (Lipinski definition) is 6. The Kier molecular flexibility index (Phi) is 5.92. The summed E-state index contributed by atoms with van der Waals surface area (Å²) in [5.74, 6) is 2.42. The standard InChI is InChI=1S/C15H28N4O2/c1-10-12(16-5)17-14(15(2,3)4)18-13(10)19(6)8-11(20)9-21-7/h11,20H,8-9H2,1-7H3,(H,16,17,18). The van der Waals surface area contributed by atoms with Crippen molar-refractivity contribution >= 4 is 11.6 Å². The van der Waals surface area contributed by atoms with E-state index < -0.39 is 6.10 Å². The van der Waals surface area contributed by atoms with Gasteiger partial charge in [0, 0.05) is 38.7 Å². The van der Waals surface area contributed by atoms with Crippen LogP contribution in [0.3, 0.4) is 0 Å². The van der Waals surface area contributed by atoms with Gasteiger partial charge in [-0.2, -0.15) is 0 Å². The summed E-state index contributed by atoms with van der Waals surface area (Å²) in [5.41, 5.74) is 0.831. The first-order valence-electron chi connectivity index (χ1n) is 7.15. The Hall–Kier alpha value is -1.40. The zero-order valence-electron chi connectivity index (χ0n) is 14.2. The highest BCUT2D eigenvalue weighted by Gasteiger charge is 2.22. The molecule has 1 aromatic heterocycles. The third kappa shape index (κ3) is 4.54. The third-order valence-electron chi connectivity index (χ3n) is 3.23. The molecule has 0 aliphatic heterocycles. The second-order valence-electron chi connectivity index (χ2n) is 6.33. The van der Waals surface area contributed by atoms with E-state index in [1.807, 2.05) is 25.9 Å². The lowest BCUT2D eigenvalue weighted by molar-refractivity contribution is 0.0694. The Morgan fingerprint density at radius 1 is 1.33 bits per heavy atom. The highest BCUT2D eigenvalue weighted by atomic mass is 16.5. The second kappa shape index (κ2) is 7.04. The van der Waals surface area contributed by atoms with Crippen molar-refractivity contribution < 1.29 is 9.84 Å². The quantitative estimate of drug-likeness (QED) is 0.830. The maximum Gasteiger partial charge on any atom is 0.138 e. The van der Waals surface area contributed by atoms with Crippen LogP contribution in [0.4, 0.5) is 11.6 Å². The molecule has 6 heteroatoms. The van der Waals surface area contributed by atoms with E-state index in [2.05, 4.69) is 36.1 Å². The highest BCUT2D eigenvalue weighted by molar-refractivity contribution is 5.58. The Bertz CT molecular complexity index is 471. The van der Waals surface area contributed by atoms with Crippen LogP contribution in [0.25, 0.3) is 0 Å². The molecule has 1 atom stereocenters. The van der Waals surface area contributed by atoms with E-state index in [9.17, 15) is 5.11 Å². The molecule has 0 aliphatic rings. The molecule has 21 heavy (non-hydrogen) atoms. The average molecular weight is 296 g/mol. The van der Waals surface area contributed by atoms with Crippen LogP contribution >= 0.6 is 0 Å². The molecule has 0 aromatic carbocycles. The molecule has 1 rings (SSSR count). The number of ether oxygens (including phenoxy) is 1. The SMILES string of the molecule is CNc1nc(C(C)(C)C)nc(N(C)CC(O)COC)c1C. The van der Waals surface area contributed by atoms with Gasteiger partial charge in [0.1, 0.15) is 17.5 Å². The number of anilines is 2. The lowest BCUT2D eigenvalue weighted by Gasteiger charge is -2.26. The maximum atomic E-state index is 9.90. The summed E-state index contributed by atoms with van der Waals surface area (Å²) in [4.78, 5) is 11.2. The topological polar surface area (TPSA) is 70.5 Å². The van der Waals surface area contributed by atoms with E-state index in [0.29, 0.717) is 13.2 Å². The van der Waals surface area contributed by atoms with Crippen LogP contribution in [0, 0.1) is 6.92 Å². The van der Waals surface area contributed by atoms with E-state index >= 15 is 0 Å². The van der Waals surface area contributed by atoms with Crippen LogP contribution in [0.5, 0.6) is 0 Å². The van der Waals surface area contributed by atoms with E-state index in [1.165, 1.54) is 0 Å². The summed E-state index contributed by atoms with van der Waals surface area (Å²) >= 11 is 0. The van der Waals surface area contributed by atoms with Gasteiger partial charge >= 0.3 is 0 Å². The predicted molar refractivity (Wildman–Crippen MR) is 86.2 cm³/mol. The van der Waals surface area contributed by atoms with Gasteiger partial charge in [0.25, 0.3) is 0 Å². The minimum absolute atomic E-state index is 0.139. The summed E-state index contributed by atoms with van der Waals surface area (Å²) in [5, 5.41) is 13.0. The largest absolute Gasteiger partial charge is 0.389 e. The molecular weight excluding hydrogens is 268 g/mol. The fourth-order valence-electron chi connectivity index (χ4n) is 2.10. The van der Waals surface area contributed by atoms with Crippen LogP contribution in [0.1, 0.15) is 32.2 Å². The van der Waals surface area contributed by atoms with Crippen molar-refractivity contribution in [1.82, 2.24) is 9.97 Å². The van der Waals surface area contributed by atoms with Crippen LogP contribution in [-0.4, -0.2) is 55.5 Å². The minimum atomic E-state index is -0.550. The number of aliphatic hydroxyl groups is 1. The Balaban J connectivity index is 3.15. The number of likely N-dealkylation sites (N-methyl/N-ethyl adjacent to an activating group) is 1. The molecule has 1 aromatic rings. The van der Waals surface area contributed by atoms with Crippen molar-refractivity contribution in [1.29, 1.82) is 0 Å². The molecule has 120 valence electrons. The zero-order chi connectivity index (χ0) is 16.2. The van der Waals surface area contributed by atoms with Crippen LogP contribution < -0.4 is 10.2 Å². The summed E-state index contributed by atoms with van der Waals surface area (Å²) in [6.07, 6.45) is -0.550. The molecular formula is C15H28N4O2. The Labute approximate surface area is 127 Å². The number of methoxy groups -OCH3 is 1. The van der Waals surface area contributed by atoms with Gasteiger partial charge in [-0.15, -0.1) is 0 Å². The minimum Gasteiger partial charge on any atom is -0.389 e. The van der Waals surface area contributed by atoms with Crippen molar-refractivity contribution in [3.8, 4) is 0 Å². The summed E-state index contributed by atoms with van der Waals surface area (Å²) in [6.45, 7) is 8.99. The molecule has 6 nitrogen and oxygen atoms in total. The fraction of sp³-hybridized carbons (Fsp3) is 0.733. The van der Waals surface area contributed by atoms with Crippen molar-refractivity contribution in [3.63, 3.8) is 0 Å². The third-order valence-corrected chi connectivity index (χ3v) is 3.23. The van der Waals surface area contributed by atoms with Crippen molar-refractivity contribution in [3.05, 3.63) is 11.4 Å². The van der Waals surface area contributed by atoms with Gasteiger partial charge in [0.2, 0.25) is 0 Å². The predicted octanol–water partition coefficient (Wildman–Crippen LogP) is 1.57. The average Bonchev–Trinajstić information content (AvgIpc) is 2.37. The molecule has 0 spiro atoms. The van der Waals surface area contributed by atoms with Crippen LogP contribution in [0.2, 0.25) is 0 Å². The van der Waals surface area contributed by atoms with Gasteiger partial charge in [-0.3, -0.25) is 0 Å². The van der Waals surface area contributed by atoms with E-state index in [-0.39, 0.29) is 5.41 Å². The molecule has 1 unspecified atom stereocenters. The Morgan fingerprint density at radius 3 is 2.43 bits per heavy atom. The number of nitrogens with one attached hydrogen (secondary N) is 1. The van der Waals surface area contributed by atoms with E-state index in [4.69, 9.17) is 4.74 Å². The first-order valence-corrected chi connectivity index (χ1v) is 7.15. The monoisotopic (exact) mass is 296 g/mol.